The standard InChI is InChI=1S/C8H17NO2/c10-7-1-2-8(11)3-5-9-6-4-8/h9-11H,1-7H2. The maximum atomic E-state index is 9.85. The SMILES string of the molecule is OCCCC1(O)CCNCC1. The second-order valence-electron chi connectivity index (χ2n) is 3.30. The number of hydrogen-bond acceptors (Lipinski definition) is 3. The van der Waals surface area contributed by atoms with Crippen LogP contribution in [0.15, 0.2) is 0 Å². The molecular formula is C8H17NO2. The van der Waals surface area contributed by atoms with Gasteiger partial charge in [0.05, 0.1) is 5.60 Å². The van der Waals surface area contributed by atoms with Gasteiger partial charge in [0, 0.05) is 6.61 Å². The average molecular weight is 159 g/mol. The van der Waals surface area contributed by atoms with E-state index in [0.29, 0.717) is 0 Å². The van der Waals surface area contributed by atoms with Gasteiger partial charge in [0.15, 0.2) is 0 Å². The van der Waals surface area contributed by atoms with Crippen LogP contribution in [0.5, 0.6) is 0 Å². The molecule has 0 unspecified atom stereocenters. The first-order valence-electron chi connectivity index (χ1n) is 4.31. The molecule has 1 rings (SSSR count). The molecule has 3 heteroatoms. The first kappa shape index (κ1) is 8.97. The maximum absolute atomic E-state index is 9.85. The van der Waals surface area contributed by atoms with Crippen LogP contribution in [0.25, 0.3) is 0 Å². The van der Waals surface area contributed by atoms with Crippen molar-refractivity contribution in [3.8, 4) is 0 Å². The summed E-state index contributed by atoms with van der Waals surface area (Å²) in [6, 6.07) is 0. The molecule has 11 heavy (non-hydrogen) atoms. The van der Waals surface area contributed by atoms with Gasteiger partial charge in [0.2, 0.25) is 0 Å². The fourth-order valence-electron chi connectivity index (χ4n) is 1.55. The van der Waals surface area contributed by atoms with Crippen LogP contribution < -0.4 is 5.32 Å². The Morgan fingerprint density at radius 2 is 1.91 bits per heavy atom. The van der Waals surface area contributed by atoms with Gasteiger partial charge in [-0.15, -0.1) is 0 Å². The van der Waals surface area contributed by atoms with Crippen molar-refractivity contribution in [3.63, 3.8) is 0 Å². The van der Waals surface area contributed by atoms with Crippen LogP contribution in [0.3, 0.4) is 0 Å². The number of nitrogens with one attached hydrogen (secondary N) is 1. The van der Waals surface area contributed by atoms with Crippen molar-refractivity contribution >= 4 is 0 Å². The molecule has 0 saturated carbocycles. The summed E-state index contributed by atoms with van der Waals surface area (Å²) in [7, 11) is 0. The van der Waals surface area contributed by atoms with Crippen LogP contribution >= 0.6 is 0 Å². The second kappa shape index (κ2) is 4.04. The van der Waals surface area contributed by atoms with Crippen molar-refractivity contribution in [3.05, 3.63) is 0 Å². The first-order chi connectivity index (χ1) is 5.27. The third kappa shape index (κ3) is 2.77. The molecule has 0 aliphatic carbocycles. The van der Waals surface area contributed by atoms with Gasteiger partial charge >= 0.3 is 0 Å². The molecule has 1 fully saturated rings. The molecule has 1 heterocycles. The summed E-state index contributed by atoms with van der Waals surface area (Å²) in [6.07, 6.45) is 3.11. The number of rotatable bonds is 3. The summed E-state index contributed by atoms with van der Waals surface area (Å²) >= 11 is 0. The van der Waals surface area contributed by atoms with Gasteiger partial charge in [-0.25, -0.2) is 0 Å². The summed E-state index contributed by atoms with van der Waals surface area (Å²) in [5.41, 5.74) is -0.492. The van der Waals surface area contributed by atoms with E-state index in [4.69, 9.17) is 5.11 Å². The Kier molecular flexibility index (Phi) is 3.30. The molecule has 0 radical (unpaired) electrons. The van der Waals surface area contributed by atoms with E-state index in [2.05, 4.69) is 5.32 Å². The van der Waals surface area contributed by atoms with Gasteiger partial charge < -0.3 is 15.5 Å². The van der Waals surface area contributed by atoms with Gasteiger partial charge in [-0.05, 0) is 38.8 Å². The van der Waals surface area contributed by atoms with Gasteiger partial charge in [-0.2, -0.15) is 0 Å². The van der Waals surface area contributed by atoms with E-state index in [1.54, 1.807) is 0 Å². The Bertz CT molecular complexity index is 111. The Morgan fingerprint density at radius 1 is 1.27 bits per heavy atom. The van der Waals surface area contributed by atoms with Gasteiger partial charge in [0.25, 0.3) is 0 Å². The lowest BCUT2D eigenvalue weighted by molar-refractivity contribution is -0.00264. The van der Waals surface area contributed by atoms with Crippen LogP contribution in [-0.4, -0.2) is 35.5 Å². The molecule has 66 valence electrons. The minimum absolute atomic E-state index is 0.190. The maximum Gasteiger partial charge on any atom is 0.0672 e. The zero-order valence-electron chi connectivity index (χ0n) is 6.84. The van der Waals surface area contributed by atoms with Crippen molar-refractivity contribution in [2.75, 3.05) is 19.7 Å². The smallest absolute Gasteiger partial charge is 0.0672 e. The highest BCUT2D eigenvalue weighted by molar-refractivity contribution is 4.83. The van der Waals surface area contributed by atoms with Crippen molar-refractivity contribution in [1.82, 2.24) is 5.32 Å². The predicted octanol–water partition coefficient (Wildman–Crippen LogP) is -0.127. The van der Waals surface area contributed by atoms with Crippen LogP contribution in [0.2, 0.25) is 0 Å². The van der Waals surface area contributed by atoms with Gasteiger partial charge in [-0.1, -0.05) is 0 Å². The van der Waals surface area contributed by atoms with Gasteiger partial charge in [-0.3, -0.25) is 0 Å². The van der Waals surface area contributed by atoms with E-state index in [1.165, 1.54) is 0 Å². The summed E-state index contributed by atoms with van der Waals surface area (Å²) in [5.74, 6) is 0. The van der Waals surface area contributed by atoms with Crippen molar-refractivity contribution < 1.29 is 10.2 Å². The van der Waals surface area contributed by atoms with E-state index in [9.17, 15) is 5.11 Å². The largest absolute Gasteiger partial charge is 0.396 e. The van der Waals surface area contributed by atoms with Crippen molar-refractivity contribution in [2.45, 2.75) is 31.3 Å². The summed E-state index contributed by atoms with van der Waals surface area (Å²) in [4.78, 5) is 0. The molecule has 1 aliphatic rings. The number of piperidine rings is 1. The molecule has 0 aromatic heterocycles. The summed E-state index contributed by atoms with van der Waals surface area (Å²) in [6.45, 7) is 2.00. The molecule has 0 atom stereocenters. The monoisotopic (exact) mass is 159 g/mol. The molecular weight excluding hydrogens is 142 g/mol. The topological polar surface area (TPSA) is 52.5 Å². The molecule has 0 aromatic rings. The summed E-state index contributed by atoms with van der Waals surface area (Å²) < 4.78 is 0. The van der Waals surface area contributed by atoms with E-state index < -0.39 is 5.60 Å². The van der Waals surface area contributed by atoms with E-state index >= 15 is 0 Å². The van der Waals surface area contributed by atoms with Crippen LogP contribution in [0.1, 0.15) is 25.7 Å². The number of aliphatic hydroxyl groups excluding tert-OH is 1. The zero-order chi connectivity index (χ0) is 8.16. The van der Waals surface area contributed by atoms with Crippen LogP contribution in [0, 0.1) is 0 Å². The average Bonchev–Trinajstić information content (AvgIpc) is 2.03. The Balaban J connectivity index is 2.25. The lowest BCUT2D eigenvalue weighted by Gasteiger charge is -2.32. The third-order valence-corrected chi connectivity index (χ3v) is 2.33. The van der Waals surface area contributed by atoms with E-state index in [-0.39, 0.29) is 6.61 Å². The highest BCUT2D eigenvalue weighted by atomic mass is 16.3. The van der Waals surface area contributed by atoms with Crippen molar-refractivity contribution in [1.29, 1.82) is 0 Å². The van der Waals surface area contributed by atoms with E-state index in [1.807, 2.05) is 0 Å². The lowest BCUT2D eigenvalue weighted by atomic mass is 9.88. The lowest BCUT2D eigenvalue weighted by Crippen LogP contribution is -2.41. The fraction of sp³-hybridized carbons (Fsp3) is 1.00. The Hall–Kier alpha value is -0.120. The van der Waals surface area contributed by atoms with E-state index in [0.717, 1.165) is 38.8 Å². The molecule has 3 nitrogen and oxygen atoms in total. The molecule has 0 amide bonds. The Labute approximate surface area is 67.4 Å². The molecule has 1 aliphatic heterocycles. The Morgan fingerprint density at radius 3 is 2.45 bits per heavy atom. The highest BCUT2D eigenvalue weighted by Crippen LogP contribution is 2.22. The van der Waals surface area contributed by atoms with Crippen molar-refractivity contribution in [2.24, 2.45) is 0 Å². The summed E-state index contributed by atoms with van der Waals surface area (Å²) in [5, 5.41) is 21.6. The second-order valence-corrected chi connectivity index (χ2v) is 3.30. The van der Waals surface area contributed by atoms with Crippen LogP contribution in [0.4, 0.5) is 0 Å². The molecule has 3 N–H and O–H groups in total. The third-order valence-electron chi connectivity index (χ3n) is 2.33. The first-order valence-corrected chi connectivity index (χ1v) is 4.31. The molecule has 0 spiro atoms. The molecule has 0 bridgehead atoms. The normalized spacial score (nSPS) is 23.5. The number of hydrogen-bond donors (Lipinski definition) is 3. The highest BCUT2D eigenvalue weighted by Gasteiger charge is 2.27. The molecule has 0 aromatic carbocycles. The predicted molar refractivity (Wildman–Crippen MR) is 43.4 cm³/mol. The minimum atomic E-state index is -0.492. The van der Waals surface area contributed by atoms with Crippen LogP contribution in [-0.2, 0) is 0 Å². The minimum Gasteiger partial charge on any atom is -0.396 e. The zero-order valence-corrected chi connectivity index (χ0v) is 6.84. The van der Waals surface area contributed by atoms with Gasteiger partial charge in [0.1, 0.15) is 0 Å². The quantitative estimate of drug-likeness (QED) is 0.538. The molecule has 1 saturated heterocycles. The fourth-order valence-corrected chi connectivity index (χ4v) is 1.55. The number of aliphatic hydroxyl groups is 2.